The molecule has 1 aliphatic heterocycles. The van der Waals surface area contributed by atoms with E-state index in [1.165, 1.54) is 12.1 Å². The first-order chi connectivity index (χ1) is 8.78. The largest absolute Gasteiger partial charge is 0.487 e. The molecule has 3 rings (SSSR count). The molecule has 0 spiro atoms. The van der Waals surface area contributed by atoms with Crippen molar-refractivity contribution in [2.45, 2.75) is 18.9 Å². The summed E-state index contributed by atoms with van der Waals surface area (Å²) in [5.74, 6) is 0.493. The second kappa shape index (κ2) is 4.71. The van der Waals surface area contributed by atoms with Gasteiger partial charge in [-0.15, -0.1) is 11.3 Å². The van der Waals surface area contributed by atoms with Crippen LogP contribution >= 0.6 is 11.3 Å². The van der Waals surface area contributed by atoms with Crippen LogP contribution in [0.2, 0.25) is 0 Å². The van der Waals surface area contributed by atoms with E-state index >= 15 is 0 Å². The maximum Gasteiger partial charge on any atom is 0.131 e. The summed E-state index contributed by atoms with van der Waals surface area (Å²) >= 11 is 1.56. The second-order valence-electron chi connectivity index (χ2n) is 4.38. The fourth-order valence-electron chi connectivity index (χ4n) is 2.26. The fraction of sp³-hybridized carbons (Fsp3) is 0.286. The van der Waals surface area contributed by atoms with Crippen molar-refractivity contribution in [3.63, 3.8) is 0 Å². The van der Waals surface area contributed by atoms with E-state index in [1.54, 1.807) is 11.3 Å². The van der Waals surface area contributed by atoms with Gasteiger partial charge >= 0.3 is 0 Å². The highest BCUT2D eigenvalue weighted by molar-refractivity contribution is 7.13. The SMILES string of the molecule is OCC1CCc2cc(F)cc(-c3cccs3)c2O1. The molecule has 1 aliphatic rings. The van der Waals surface area contributed by atoms with Crippen LogP contribution in [0.1, 0.15) is 12.0 Å². The molecule has 0 fully saturated rings. The first-order valence-corrected chi connectivity index (χ1v) is 6.79. The summed E-state index contributed by atoms with van der Waals surface area (Å²) in [5, 5.41) is 11.2. The molecule has 2 aromatic rings. The number of aryl methyl sites for hydroxylation is 1. The molecular formula is C14H13FO2S. The third-order valence-electron chi connectivity index (χ3n) is 3.14. The predicted molar refractivity (Wildman–Crippen MR) is 69.5 cm³/mol. The van der Waals surface area contributed by atoms with Crippen molar-refractivity contribution in [1.82, 2.24) is 0 Å². The molecule has 0 aliphatic carbocycles. The van der Waals surface area contributed by atoms with Crippen LogP contribution in [-0.4, -0.2) is 17.8 Å². The highest BCUT2D eigenvalue weighted by Gasteiger charge is 2.23. The van der Waals surface area contributed by atoms with Gasteiger partial charge in [-0.2, -0.15) is 0 Å². The Morgan fingerprint density at radius 3 is 3.06 bits per heavy atom. The zero-order chi connectivity index (χ0) is 12.5. The Labute approximate surface area is 109 Å². The van der Waals surface area contributed by atoms with Gasteiger partial charge in [0.1, 0.15) is 17.7 Å². The first kappa shape index (κ1) is 11.7. The predicted octanol–water partition coefficient (Wildman–Crippen LogP) is 3.24. The molecule has 1 aromatic heterocycles. The number of ether oxygens (including phenoxy) is 1. The van der Waals surface area contributed by atoms with E-state index in [-0.39, 0.29) is 18.5 Å². The average molecular weight is 264 g/mol. The van der Waals surface area contributed by atoms with Gasteiger partial charge < -0.3 is 9.84 Å². The second-order valence-corrected chi connectivity index (χ2v) is 5.33. The van der Waals surface area contributed by atoms with Gasteiger partial charge in [0.05, 0.1) is 6.61 Å². The Balaban J connectivity index is 2.11. The molecule has 4 heteroatoms. The maximum atomic E-state index is 13.6. The molecule has 1 aromatic carbocycles. The lowest BCUT2D eigenvalue weighted by molar-refractivity contribution is 0.0982. The molecule has 0 radical (unpaired) electrons. The van der Waals surface area contributed by atoms with Gasteiger partial charge in [-0.3, -0.25) is 0 Å². The van der Waals surface area contributed by atoms with Crippen LogP contribution in [0.4, 0.5) is 4.39 Å². The molecule has 0 saturated carbocycles. The van der Waals surface area contributed by atoms with Gasteiger partial charge in [0.2, 0.25) is 0 Å². The summed E-state index contributed by atoms with van der Waals surface area (Å²) in [6.07, 6.45) is 1.30. The summed E-state index contributed by atoms with van der Waals surface area (Å²) in [6.45, 7) is 0.000691. The van der Waals surface area contributed by atoms with Crippen molar-refractivity contribution in [2.24, 2.45) is 0 Å². The van der Waals surface area contributed by atoms with E-state index < -0.39 is 0 Å². The lowest BCUT2D eigenvalue weighted by atomic mass is 9.98. The standard InChI is InChI=1S/C14H13FO2S/c15-10-6-9-3-4-11(8-16)17-14(9)12(7-10)13-2-1-5-18-13/h1-2,5-7,11,16H,3-4,8H2. The van der Waals surface area contributed by atoms with E-state index in [0.29, 0.717) is 0 Å². The molecule has 2 nitrogen and oxygen atoms in total. The van der Waals surface area contributed by atoms with Crippen LogP contribution in [0.15, 0.2) is 29.6 Å². The van der Waals surface area contributed by atoms with Crippen molar-refractivity contribution < 1.29 is 14.2 Å². The van der Waals surface area contributed by atoms with E-state index in [1.807, 2.05) is 17.5 Å². The zero-order valence-corrected chi connectivity index (χ0v) is 10.5. The molecule has 94 valence electrons. The van der Waals surface area contributed by atoms with Crippen molar-refractivity contribution in [2.75, 3.05) is 6.61 Å². The summed E-state index contributed by atoms with van der Waals surface area (Å²) in [4.78, 5) is 0.990. The van der Waals surface area contributed by atoms with E-state index in [2.05, 4.69) is 0 Å². The molecule has 0 bridgehead atoms. The fourth-order valence-corrected chi connectivity index (χ4v) is 3.00. The summed E-state index contributed by atoms with van der Waals surface area (Å²) < 4.78 is 19.4. The Kier molecular flexibility index (Phi) is 3.06. The molecular weight excluding hydrogens is 251 g/mol. The Morgan fingerprint density at radius 2 is 2.33 bits per heavy atom. The van der Waals surface area contributed by atoms with Crippen LogP contribution in [0.5, 0.6) is 5.75 Å². The van der Waals surface area contributed by atoms with Crippen molar-refractivity contribution in [3.05, 3.63) is 41.0 Å². The molecule has 0 amide bonds. The van der Waals surface area contributed by atoms with Crippen LogP contribution in [0, 0.1) is 5.82 Å². The van der Waals surface area contributed by atoms with Crippen molar-refractivity contribution in [1.29, 1.82) is 0 Å². The number of benzene rings is 1. The number of halogens is 1. The van der Waals surface area contributed by atoms with Crippen molar-refractivity contribution in [3.8, 4) is 16.2 Å². The van der Waals surface area contributed by atoms with Gasteiger partial charge in [-0.25, -0.2) is 4.39 Å². The van der Waals surface area contributed by atoms with Gasteiger partial charge in [0, 0.05) is 10.4 Å². The number of fused-ring (bicyclic) bond motifs is 1. The topological polar surface area (TPSA) is 29.5 Å². The lowest BCUT2D eigenvalue weighted by Crippen LogP contribution is -2.26. The van der Waals surface area contributed by atoms with Crippen LogP contribution < -0.4 is 4.74 Å². The van der Waals surface area contributed by atoms with Gasteiger partial charge in [0.25, 0.3) is 0 Å². The number of aliphatic hydroxyl groups is 1. The minimum absolute atomic E-state index is 0.000691. The smallest absolute Gasteiger partial charge is 0.131 e. The third-order valence-corrected chi connectivity index (χ3v) is 4.04. The van der Waals surface area contributed by atoms with E-state index in [0.717, 1.165) is 34.6 Å². The third kappa shape index (κ3) is 2.02. The Hall–Kier alpha value is -1.39. The molecule has 2 heterocycles. The Bertz CT molecular complexity index is 551. The van der Waals surface area contributed by atoms with Gasteiger partial charge in [-0.1, -0.05) is 6.07 Å². The van der Waals surface area contributed by atoms with Crippen LogP contribution in [0.25, 0.3) is 10.4 Å². The number of thiophene rings is 1. The molecule has 1 N–H and O–H groups in total. The Morgan fingerprint density at radius 1 is 1.44 bits per heavy atom. The van der Waals surface area contributed by atoms with E-state index in [9.17, 15) is 9.50 Å². The van der Waals surface area contributed by atoms with E-state index in [4.69, 9.17) is 4.74 Å². The molecule has 0 saturated heterocycles. The summed E-state index contributed by atoms with van der Waals surface area (Å²) in [5.41, 5.74) is 1.68. The minimum Gasteiger partial charge on any atom is -0.487 e. The van der Waals surface area contributed by atoms with Gasteiger partial charge in [-0.05, 0) is 42.0 Å². The minimum atomic E-state index is -0.233. The number of hydrogen-bond donors (Lipinski definition) is 1. The summed E-state index contributed by atoms with van der Waals surface area (Å²) in [7, 11) is 0. The van der Waals surface area contributed by atoms with Crippen molar-refractivity contribution >= 4 is 11.3 Å². The number of rotatable bonds is 2. The highest BCUT2D eigenvalue weighted by atomic mass is 32.1. The highest BCUT2D eigenvalue weighted by Crippen LogP contribution is 2.40. The van der Waals surface area contributed by atoms with Gasteiger partial charge in [0.15, 0.2) is 0 Å². The lowest BCUT2D eigenvalue weighted by Gasteiger charge is -2.26. The first-order valence-electron chi connectivity index (χ1n) is 5.91. The number of hydrogen-bond acceptors (Lipinski definition) is 3. The zero-order valence-electron chi connectivity index (χ0n) is 9.73. The van der Waals surface area contributed by atoms with Crippen LogP contribution in [-0.2, 0) is 6.42 Å². The maximum absolute atomic E-state index is 13.6. The quantitative estimate of drug-likeness (QED) is 0.902. The number of aliphatic hydroxyl groups excluding tert-OH is 1. The normalized spacial score (nSPS) is 18.2. The van der Waals surface area contributed by atoms with Crippen LogP contribution in [0.3, 0.4) is 0 Å². The molecule has 1 atom stereocenters. The molecule has 1 unspecified atom stereocenters. The average Bonchev–Trinajstić information content (AvgIpc) is 2.91. The molecule has 18 heavy (non-hydrogen) atoms. The summed E-state index contributed by atoms with van der Waals surface area (Å²) in [6, 6.07) is 6.92. The monoisotopic (exact) mass is 264 g/mol.